The quantitative estimate of drug-likeness (QED) is 0.790. The number of hydrogen-bond donors (Lipinski definition) is 1. The monoisotopic (exact) mass is 394 g/mol. The molecule has 0 spiro atoms. The Hall–Kier alpha value is -0.310. The maximum atomic E-state index is 11.9. The van der Waals surface area contributed by atoms with Gasteiger partial charge in [0, 0.05) is 40.0 Å². The SMILES string of the molecule is CS(=O)(=O)C1CSCCN1c1ccc(C(N)=S)c(Br)c1. The molecule has 1 aromatic rings. The van der Waals surface area contributed by atoms with Crippen LogP contribution in [0.2, 0.25) is 0 Å². The van der Waals surface area contributed by atoms with E-state index in [-0.39, 0.29) is 0 Å². The van der Waals surface area contributed by atoms with Gasteiger partial charge in [-0.25, -0.2) is 8.42 Å². The summed E-state index contributed by atoms with van der Waals surface area (Å²) in [6, 6.07) is 5.57. The van der Waals surface area contributed by atoms with Crippen LogP contribution in [0.1, 0.15) is 5.56 Å². The molecule has 0 amide bonds. The van der Waals surface area contributed by atoms with E-state index < -0.39 is 15.2 Å². The molecule has 1 fully saturated rings. The molecule has 1 aromatic carbocycles. The Kier molecular flexibility index (Phi) is 4.99. The van der Waals surface area contributed by atoms with Crippen molar-refractivity contribution in [2.75, 3.05) is 29.2 Å². The molecule has 0 aliphatic carbocycles. The number of thioether (sulfide) groups is 1. The fourth-order valence-corrected chi connectivity index (χ4v) is 5.84. The van der Waals surface area contributed by atoms with Crippen molar-refractivity contribution in [1.29, 1.82) is 0 Å². The highest BCUT2D eigenvalue weighted by molar-refractivity contribution is 9.10. The van der Waals surface area contributed by atoms with Gasteiger partial charge in [-0.05, 0) is 34.1 Å². The van der Waals surface area contributed by atoms with Crippen LogP contribution in [0.3, 0.4) is 0 Å². The summed E-state index contributed by atoms with van der Waals surface area (Å²) in [5.74, 6) is 1.51. The van der Waals surface area contributed by atoms with Crippen molar-refractivity contribution in [3.8, 4) is 0 Å². The number of hydrogen-bond acceptors (Lipinski definition) is 5. The number of rotatable bonds is 3. The highest BCUT2D eigenvalue weighted by Gasteiger charge is 2.31. The van der Waals surface area contributed by atoms with Crippen molar-refractivity contribution in [3.63, 3.8) is 0 Å². The molecule has 1 atom stereocenters. The highest BCUT2D eigenvalue weighted by atomic mass is 79.9. The van der Waals surface area contributed by atoms with E-state index in [4.69, 9.17) is 18.0 Å². The minimum Gasteiger partial charge on any atom is -0.389 e. The molecule has 4 nitrogen and oxygen atoms in total. The van der Waals surface area contributed by atoms with Crippen LogP contribution in [0, 0.1) is 0 Å². The third kappa shape index (κ3) is 3.47. The predicted molar refractivity (Wildman–Crippen MR) is 93.3 cm³/mol. The molecule has 1 aliphatic heterocycles. The molecule has 1 aliphatic rings. The van der Waals surface area contributed by atoms with Crippen LogP contribution >= 0.6 is 39.9 Å². The Bertz CT molecular complexity index is 634. The van der Waals surface area contributed by atoms with E-state index in [0.717, 1.165) is 21.5 Å². The summed E-state index contributed by atoms with van der Waals surface area (Å²) in [6.45, 7) is 0.710. The van der Waals surface area contributed by atoms with Crippen molar-refractivity contribution in [2.45, 2.75) is 5.37 Å². The first-order valence-electron chi connectivity index (χ1n) is 5.93. The molecule has 0 saturated carbocycles. The molecule has 1 heterocycles. The first-order valence-corrected chi connectivity index (χ1v) is 10.2. The minimum atomic E-state index is -3.12. The van der Waals surface area contributed by atoms with E-state index in [1.54, 1.807) is 11.8 Å². The van der Waals surface area contributed by atoms with E-state index in [2.05, 4.69) is 15.9 Å². The lowest BCUT2D eigenvalue weighted by Crippen LogP contribution is -2.47. The second-order valence-corrected chi connectivity index (χ2v) is 9.23. The van der Waals surface area contributed by atoms with Crippen LogP contribution in [0.25, 0.3) is 0 Å². The van der Waals surface area contributed by atoms with E-state index in [9.17, 15) is 8.42 Å². The Morgan fingerprint density at radius 1 is 1.55 bits per heavy atom. The average Bonchev–Trinajstić information content (AvgIpc) is 2.37. The van der Waals surface area contributed by atoms with E-state index in [1.165, 1.54) is 6.26 Å². The van der Waals surface area contributed by atoms with Gasteiger partial charge in [0.05, 0.1) is 0 Å². The number of thiocarbonyl (C=S) groups is 1. The molecule has 2 rings (SSSR count). The molecule has 1 unspecified atom stereocenters. The van der Waals surface area contributed by atoms with Crippen LogP contribution in [0.5, 0.6) is 0 Å². The van der Waals surface area contributed by atoms with E-state index in [0.29, 0.717) is 17.3 Å². The smallest absolute Gasteiger partial charge is 0.169 e. The van der Waals surface area contributed by atoms with Crippen molar-refractivity contribution in [3.05, 3.63) is 28.2 Å². The van der Waals surface area contributed by atoms with Gasteiger partial charge in [0.25, 0.3) is 0 Å². The Labute approximate surface area is 137 Å². The van der Waals surface area contributed by atoms with Gasteiger partial charge >= 0.3 is 0 Å². The normalized spacial score (nSPS) is 19.9. The third-order valence-electron chi connectivity index (χ3n) is 3.13. The van der Waals surface area contributed by atoms with Crippen LogP contribution in [0.15, 0.2) is 22.7 Å². The van der Waals surface area contributed by atoms with Crippen molar-refractivity contribution >= 4 is 60.4 Å². The molecule has 8 heteroatoms. The van der Waals surface area contributed by atoms with Crippen molar-refractivity contribution in [1.82, 2.24) is 0 Å². The first-order chi connectivity index (χ1) is 9.30. The topological polar surface area (TPSA) is 63.4 Å². The van der Waals surface area contributed by atoms with Crippen LogP contribution in [-0.4, -0.2) is 43.1 Å². The molecular formula is C12H15BrN2O2S3. The van der Waals surface area contributed by atoms with Gasteiger partial charge in [-0.1, -0.05) is 12.2 Å². The number of nitrogens with two attached hydrogens (primary N) is 1. The van der Waals surface area contributed by atoms with Crippen molar-refractivity contribution < 1.29 is 8.42 Å². The number of anilines is 1. The zero-order valence-corrected chi connectivity index (χ0v) is 14.9. The Morgan fingerprint density at radius 3 is 2.80 bits per heavy atom. The maximum absolute atomic E-state index is 11.9. The second kappa shape index (κ2) is 6.21. The highest BCUT2D eigenvalue weighted by Crippen LogP contribution is 2.30. The molecule has 0 radical (unpaired) electrons. The molecule has 1 saturated heterocycles. The van der Waals surface area contributed by atoms with Crippen LogP contribution in [-0.2, 0) is 9.84 Å². The van der Waals surface area contributed by atoms with Crippen LogP contribution in [0.4, 0.5) is 5.69 Å². The number of sulfone groups is 1. The summed E-state index contributed by atoms with van der Waals surface area (Å²) in [4.78, 5) is 2.25. The van der Waals surface area contributed by atoms with Gasteiger partial charge in [0.15, 0.2) is 9.84 Å². The standard InChI is InChI=1S/C12H15BrN2O2S3/c1-20(16,17)11-7-19-5-4-15(11)8-2-3-9(12(14)18)10(13)6-8/h2-3,6,11H,4-5,7H2,1H3,(H2,14,18). The van der Waals surface area contributed by atoms with Gasteiger partial charge in [-0.2, -0.15) is 11.8 Å². The number of halogens is 1. The third-order valence-corrected chi connectivity index (χ3v) is 6.65. The molecular weight excluding hydrogens is 380 g/mol. The molecule has 2 N–H and O–H groups in total. The second-order valence-electron chi connectivity index (χ2n) is 4.58. The van der Waals surface area contributed by atoms with Gasteiger partial charge in [-0.3, -0.25) is 0 Å². The van der Waals surface area contributed by atoms with E-state index >= 15 is 0 Å². The fourth-order valence-electron chi connectivity index (χ4n) is 2.11. The van der Waals surface area contributed by atoms with Gasteiger partial charge < -0.3 is 10.6 Å². The lowest BCUT2D eigenvalue weighted by atomic mass is 10.2. The van der Waals surface area contributed by atoms with Gasteiger partial charge in [0.2, 0.25) is 0 Å². The molecule has 110 valence electrons. The van der Waals surface area contributed by atoms with Crippen LogP contribution < -0.4 is 10.6 Å². The first kappa shape index (κ1) is 16.1. The number of nitrogens with zero attached hydrogens (tertiary/aromatic N) is 1. The largest absolute Gasteiger partial charge is 0.389 e. The fraction of sp³-hybridized carbons (Fsp3) is 0.417. The zero-order chi connectivity index (χ0) is 14.9. The minimum absolute atomic E-state index is 0.317. The van der Waals surface area contributed by atoms with Crippen molar-refractivity contribution in [2.24, 2.45) is 5.73 Å². The molecule has 0 aromatic heterocycles. The summed E-state index contributed by atoms with van der Waals surface area (Å²) in [7, 11) is -3.12. The summed E-state index contributed by atoms with van der Waals surface area (Å²) in [6.07, 6.45) is 1.29. The Balaban J connectivity index is 2.38. The summed E-state index contributed by atoms with van der Waals surface area (Å²) in [5, 5.41) is -0.483. The molecule has 20 heavy (non-hydrogen) atoms. The predicted octanol–water partition coefficient (Wildman–Crippen LogP) is 2.01. The number of benzene rings is 1. The zero-order valence-electron chi connectivity index (χ0n) is 10.9. The molecule has 0 bridgehead atoms. The summed E-state index contributed by atoms with van der Waals surface area (Å²) >= 11 is 10.1. The van der Waals surface area contributed by atoms with Gasteiger partial charge in [-0.15, -0.1) is 0 Å². The van der Waals surface area contributed by atoms with Gasteiger partial charge in [0.1, 0.15) is 10.4 Å². The summed E-state index contributed by atoms with van der Waals surface area (Å²) in [5.41, 5.74) is 7.25. The average molecular weight is 395 g/mol. The lowest BCUT2D eigenvalue weighted by Gasteiger charge is -2.36. The summed E-state index contributed by atoms with van der Waals surface area (Å²) < 4.78 is 24.6. The lowest BCUT2D eigenvalue weighted by molar-refractivity contribution is 0.584. The van der Waals surface area contributed by atoms with E-state index in [1.807, 2.05) is 23.1 Å². The maximum Gasteiger partial charge on any atom is 0.169 e. The Morgan fingerprint density at radius 2 is 2.25 bits per heavy atom.